The number of nitrogens with zero attached hydrogens (tertiary/aromatic N) is 1. The van der Waals surface area contributed by atoms with Crippen LogP contribution in [0.5, 0.6) is 0 Å². The second-order valence-corrected chi connectivity index (χ2v) is 8.24. The number of nitrogens with one attached hydrogen (secondary N) is 1. The van der Waals surface area contributed by atoms with Crippen LogP contribution in [0, 0.1) is 6.92 Å². The van der Waals surface area contributed by atoms with E-state index in [-0.39, 0.29) is 11.8 Å². The maximum Gasteiger partial charge on any atom is 0.242 e. The highest BCUT2D eigenvalue weighted by atomic mass is 35.5. The van der Waals surface area contributed by atoms with Crippen molar-refractivity contribution in [3.8, 4) is 0 Å². The van der Waals surface area contributed by atoms with Gasteiger partial charge in [0.15, 0.2) is 0 Å². The summed E-state index contributed by atoms with van der Waals surface area (Å²) in [5.41, 5.74) is 2.16. The molecule has 0 aliphatic carbocycles. The Balaban J connectivity index is 2.04. The minimum atomic E-state index is -0.520. The van der Waals surface area contributed by atoms with Crippen LogP contribution in [0.4, 0.5) is 0 Å². The Hall–Kier alpha value is -1.98. The molecule has 0 aromatic heterocycles. The first-order valence-corrected chi connectivity index (χ1v) is 10.8. The molecule has 0 fully saturated rings. The van der Waals surface area contributed by atoms with E-state index in [1.165, 1.54) is 0 Å². The number of thioether (sulfide) groups is 1. The summed E-state index contributed by atoms with van der Waals surface area (Å²) in [5.74, 6) is 0.489. The van der Waals surface area contributed by atoms with Gasteiger partial charge in [0, 0.05) is 35.2 Å². The molecule has 0 radical (unpaired) electrons. The van der Waals surface area contributed by atoms with E-state index in [0.29, 0.717) is 30.3 Å². The third-order valence-electron chi connectivity index (χ3n) is 4.35. The van der Waals surface area contributed by atoms with Crippen LogP contribution in [-0.4, -0.2) is 35.1 Å². The predicted molar refractivity (Wildman–Crippen MR) is 117 cm³/mol. The van der Waals surface area contributed by atoms with Crippen molar-refractivity contribution in [3.63, 3.8) is 0 Å². The lowest BCUT2D eigenvalue weighted by Crippen LogP contribution is -2.47. The fourth-order valence-electron chi connectivity index (χ4n) is 2.84. The van der Waals surface area contributed by atoms with Gasteiger partial charge >= 0.3 is 0 Å². The van der Waals surface area contributed by atoms with E-state index in [9.17, 15) is 9.59 Å². The van der Waals surface area contributed by atoms with Crippen molar-refractivity contribution in [1.29, 1.82) is 0 Å². The molecule has 4 nitrogen and oxygen atoms in total. The standard InChI is InChI=1S/C22H27ClN2O2S/c1-4-24-22(27)17(3)25(15-18-7-5-6-16(2)14-18)21(26)12-13-28-20-10-8-19(23)9-11-20/h5-11,14,17H,4,12-13,15H2,1-3H3,(H,24,27)/t17-/m1/s1. The topological polar surface area (TPSA) is 49.4 Å². The highest BCUT2D eigenvalue weighted by Crippen LogP contribution is 2.22. The molecule has 1 N–H and O–H groups in total. The summed E-state index contributed by atoms with van der Waals surface area (Å²) in [6.45, 7) is 6.64. The van der Waals surface area contributed by atoms with Crippen LogP contribution in [0.15, 0.2) is 53.4 Å². The first-order chi connectivity index (χ1) is 13.4. The van der Waals surface area contributed by atoms with Crippen molar-refractivity contribution < 1.29 is 9.59 Å². The monoisotopic (exact) mass is 418 g/mol. The Morgan fingerprint density at radius 3 is 2.54 bits per heavy atom. The Morgan fingerprint density at radius 2 is 1.89 bits per heavy atom. The van der Waals surface area contributed by atoms with Crippen LogP contribution in [0.2, 0.25) is 5.02 Å². The van der Waals surface area contributed by atoms with Crippen LogP contribution >= 0.6 is 23.4 Å². The summed E-state index contributed by atoms with van der Waals surface area (Å²) in [4.78, 5) is 28.0. The van der Waals surface area contributed by atoms with Gasteiger partial charge in [-0.1, -0.05) is 41.4 Å². The quantitative estimate of drug-likeness (QED) is 0.601. The van der Waals surface area contributed by atoms with E-state index in [4.69, 9.17) is 11.6 Å². The highest BCUT2D eigenvalue weighted by molar-refractivity contribution is 7.99. The molecule has 2 amide bonds. The lowest BCUT2D eigenvalue weighted by molar-refractivity contribution is -0.140. The number of carbonyl (C=O) groups excluding carboxylic acids is 2. The van der Waals surface area contributed by atoms with Crippen LogP contribution in [0.1, 0.15) is 31.4 Å². The second-order valence-electron chi connectivity index (χ2n) is 6.63. The number of likely N-dealkylation sites (N-methyl/N-ethyl adjacent to an activating group) is 1. The maximum atomic E-state index is 12.9. The number of amides is 2. The average molecular weight is 419 g/mol. The number of carbonyl (C=O) groups is 2. The van der Waals surface area contributed by atoms with Crippen LogP contribution in [-0.2, 0) is 16.1 Å². The van der Waals surface area contributed by atoms with E-state index >= 15 is 0 Å². The summed E-state index contributed by atoms with van der Waals surface area (Å²) in [5, 5.41) is 3.51. The SMILES string of the molecule is CCNC(=O)[C@@H](C)N(Cc1cccc(C)c1)C(=O)CCSc1ccc(Cl)cc1. The molecule has 2 aromatic rings. The predicted octanol–water partition coefficient (Wildman–Crippen LogP) is 4.68. The van der Waals surface area contributed by atoms with Gasteiger partial charge in [-0.3, -0.25) is 9.59 Å². The van der Waals surface area contributed by atoms with Crippen molar-refractivity contribution in [3.05, 3.63) is 64.7 Å². The normalized spacial score (nSPS) is 11.7. The van der Waals surface area contributed by atoms with E-state index in [1.807, 2.05) is 62.4 Å². The molecule has 1 atom stereocenters. The summed E-state index contributed by atoms with van der Waals surface area (Å²) < 4.78 is 0. The molecule has 0 saturated heterocycles. The molecule has 0 spiro atoms. The van der Waals surface area contributed by atoms with E-state index in [2.05, 4.69) is 5.32 Å². The van der Waals surface area contributed by atoms with Gasteiger partial charge in [-0.05, 0) is 50.6 Å². The molecule has 0 saturated carbocycles. The molecular formula is C22H27ClN2O2S. The second kappa shape index (κ2) is 11.1. The fourth-order valence-corrected chi connectivity index (χ4v) is 3.81. The van der Waals surface area contributed by atoms with Crippen LogP contribution < -0.4 is 5.32 Å². The first kappa shape index (κ1) is 22.3. The van der Waals surface area contributed by atoms with Crippen LogP contribution in [0.3, 0.4) is 0 Å². The number of hydrogen-bond acceptors (Lipinski definition) is 3. The fraction of sp³-hybridized carbons (Fsp3) is 0.364. The Labute approximate surface area is 176 Å². The molecule has 0 unspecified atom stereocenters. The zero-order chi connectivity index (χ0) is 20.5. The molecule has 2 rings (SSSR count). The van der Waals surface area contributed by atoms with Gasteiger partial charge in [-0.2, -0.15) is 0 Å². The number of hydrogen-bond donors (Lipinski definition) is 1. The Morgan fingerprint density at radius 1 is 1.18 bits per heavy atom. The zero-order valence-corrected chi connectivity index (χ0v) is 18.1. The summed E-state index contributed by atoms with van der Waals surface area (Å²) in [7, 11) is 0. The largest absolute Gasteiger partial charge is 0.355 e. The van der Waals surface area contributed by atoms with Gasteiger partial charge in [-0.15, -0.1) is 11.8 Å². The van der Waals surface area contributed by atoms with E-state index in [0.717, 1.165) is 16.0 Å². The number of benzene rings is 2. The lowest BCUT2D eigenvalue weighted by atomic mass is 10.1. The maximum absolute atomic E-state index is 12.9. The summed E-state index contributed by atoms with van der Waals surface area (Å²) >= 11 is 7.52. The molecule has 150 valence electrons. The van der Waals surface area contributed by atoms with Gasteiger partial charge in [0.2, 0.25) is 11.8 Å². The molecule has 0 aliphatic rings. The van der Waals surface area contributed by atoms with Gasteiger partial charge in [0.05, 0.1) is 0 Å². The van der Waals surface area contributed by atoms with Gasteiger partial charge in [0.1, 0.15) is 6.04 Å². The molecule has 0 heterocycles. The highest BCUT2D eigenvalue weighted by Gasteiger charge is 2.25. The first-order valence-electron chi connectivity index (χ1n) is 9.41. The summed E-state index contributed by atoms with van der Waals surface area (Å²) in [6.07, 6.45) is 0.364. The van der Waals surface area contributed by atoms with Gasteiger partial charge in [-0.25, -0.2) is 0 Å². The van der Waals surface area contributed by atoms with Crippen molar-refractivity contribution in [2.75, 3.05) is 12.3 Å². The molecule has 0 bridgehead atoms. The van der Waals surface area contributed by atoms with E-state index in [1.54, 1.807) is 23.6 Å². The van der Waals surface area contributed by atoms with Gasteiger partial charge in [0.25, 0.3) is 0 Å². The summed E-state index contributed by atoms with van der Waals surface area (Å²) in [6, 6.07) is 15.1. The van der Waals surface area contributed by atoms with Crippen molar-refractivity contribution in [2.45, 2.75) is 44.7 Å². The average Bonchev–Trinajstić information content (AvgIpc) is 2.67. The molecular weight excluding hydrogens is 392 g/mol. The van der Waals surface area contributed by atoms with Gasteiger partial charge < -0.3 is 10.2 Å². The van der Waals surface area contributed by atoms with Crippen molar-refractivity contribution in [1.82, 2.24) is 10.2 Å². The molecule has 6 heteroatoms. The Kier molecular flexibility index (Phi) is 8.87. The lowest BCUT2D eigenvalue weighted by Gasteiger charge is -2.29. The molecule has 2 aromatic carbocycles. The smallest absolute Gasteiger partial charge is 0.242 e. The van der Waals surface area contributed by atoms with Crippen molar-refractivity contribution >= 4 is 35.2 Å². The minimum absolute atomic E-state index is 0.0262. The van der Waals surface area contributed by atoms with Crippen LogP contribution in [0.25, 0.3) is 0 Å². The van der Waals surface area contributed by atoms with E-state index < -0.39 is 6.04 Å². The third-order valence-corrected chi connectivity index (χ3v) is 5.62. The number of aryl methyl sites for hydroxylation is 1. The number of rotatable bonds is 9. The van der Waals surface area contributed by atoms with Crippen molar-refractivity contribution in [2.24, 2.45) is 0 Å². The molecule has 28 heavy (non-hydrogen) atoms. The zero-order valence-electron chi connectivity index (χ0n) is 16.6. The number of halogens is 1. The Bertz CT molecular complexity index is 795. The third kappa shape index (κ3) is 6.88. The molecule has 0 aliphatic heterocycles. The minimum Gasteiger partial charge on any atom is -0.355 e.